The predicted molar refractivity (Wildman–Crippen MR) is 108 cm³/mol. The van der Waals surface area contributed by atoms with E-state index in [9.17, 15) is 0 Å². The van der Waals surface area contributed by atoms with Gasteiger partial charge in [-0.05, 0) is 48.9 Å². The Labute approximate surface area is 157 Å². The Kier molecular flexibility index (Phi) is 4.55. The monoisotopic (exact) mass is 359 g/mol. The van der Waals surface area contributed by atoms with E-state index in [0.717, 1.165) is 22.3 Å². The number of aromatic nitrogens is 2. The van der Waals surface area contributed by atoms with E-state index in [1.54, 1.807) is 0 Å². The van der Waals surface area contributed by atoms with Gasteiger partial charge in [-0.2, -0.15) is 0 Å². The van der Waals surface area contributed by atoms with Crippen LogP contribution in [-0.4, -0.2) is 9.97 Å². The Morgan fingerprint density at radius 3 is 2.27 bits per heavy atom. The van der Waals surface area contributed by atoms with Crippen LogP contribution < -0.4 is 5.32 Å². The molecule has 26 heavy (non-hydrogen) atoms. The van der Waals surface area contributed by atoms with Crippen molar-refractivity contribution in [3.8, 4) is 11.4 Å². The van der Waals surface area contributed by atoms with Crippen LogP contribution in [-0.2, 0) is 0 Å². The first kappa shape index (κ1) is 16.6. The summed E-state index contributed by atoms with van der Waals surface area (Å²) in [5, 5.41) is 5.25. The van der Waals surface area contributed by atoms with Crippen LogP contribution in [0.25, 0.3) is 22.3 Å². The van der Waals surface area contributed by atoms with Crippen molar-refractivity contribution in [1.82, 2.24) is 9.97 Å². The number of hydrogen-bond donors (Lipinski definition) is 1. The standard InChI is InChI=1S/C22H18ClN3/c1-15(16-7-3-2-4-8-16)24-22-19-9-5-6-10-20(19)25-21(26-22)17-11-13-18(23)14-12-17/h2-15H,1H3,(H,24,25,26)/t15-/m0/s1. The Hall–Kier alpha value is -2.91. The van der Waals surface area contributed by atoms with Crippen molar-refractivity contribution in [2.75, 3.05) is 5.32 Å². The highest BCUT2D eigenvalue weighted by atomic mass is 35.5. The van der Waals surface area contributed by atoms with Crippen LogP contribution in [0.1, 0.15) is 18.5 Å². The second kappa shape index (κ2) is 7.14. The fraction of sp³-hybridized carbons (Fsp3) is 0.0909. The predicted octanol–water partition coefficient (Wildman–Crippen LogP) is 6.12. The van der Waals surface area contributed by atoms with Crippen molar-refractivity contribution < 1.29 is 0 Å². The van der Waals surface area contributed by atoms with Crippen molar-refractivity contribution in [2.45, 2.75) is 13.0 Å². The first-order valence-corrected chi connectivity index (χ1v) is 8.93. The molecule has 0 saturated heterocycles. The Morgan fingerprint density at radius 2 is 1.50 bits per heavy atom. The third kappa shape index (κ3) is 3.39. The number of nitrogens with one attached hydrogen (secondary N) is 1. The van der Waals surface area contributed by atoms with E-state index in [-0.39, 0.29) is 6.04 Å². The lowest BCUT2D eigenvalue weighted by Crippen LogP contribution is -2.09. The van der Waals surface area contributed by atoms with Gasteiger partial charge >= 0.3 is 0 Å². The molecule has 4 rings (SSSR count). The number of fused-ring (bicyclic) bond motifs is 1. The van der Waals surface area contributed by atoms with E-state index in [4.69, 9.17) is 21.6 Å². The minimum atomic E-state index is 0.132. The third-order valence-corrected chi connectivity index (χ3v) is 4.61. The van der Waals surface area contributed by atoms with Gasteiger partial charge in [0.1, 0.15) is 5.82 Å². The number of anilines is 1. The molecule has 1 N–H and O–H groups in total. The summed E-state index contributed by atoms with van der Waals surface area (Å²) in [4.78, 5) is 9.52. The molecule has 1 aromatic heterocycles. The average Bonchev–Trinajstić information content (AvgIpc) is 2.69. The molecule has 0 radical (unpaired) electrons. The van der Waals surface area contributed by atoms with Crippen LogP contribution >= 0.6 is 11.6 Å². The SMILES string of the molecule is C[C@H](Nc1nc(-c2ccc(Cl)cc2)nc2ccccc12)c1ccccc1. The average molecular weight is 360 g/mol. The summed E-state index contributed by atoms with van der Waals surface area (Å²) in [6, 6.07) is 26.1. The molecule has 0 amide bonds. The second-order valence-electron chi connectivity index (χ2n) is 6.20. The van der Waals surface area contributed by atoms with Crippen molar-refractivity contribution in [1.29, 1.82) is 0 Å². The molecule has 0 spiro atoms. The largest absolute Gasteiger partial charge is 0.363 e. The molecule has 4 aromatic rings. The second-order valence-corrected chi connectivity index (χ2v) is 6.63. The topological polar surface area (TPSA) is 37.8 Å². The van der Waals surface area contributed by atoms with Crippen LogP contribution in [0.2, 0.25) is 5.02 Å². The zero-order chi connectivity index (χ0) is 17.9. The molecule has 0 fully saturated rings. The van der Waals surface area contributed by atoms with Gasteiger partial charge in [0.15, 0.2) is 5.82 Å². The van der Waals surface area contributed by atoms with Gasteiger partial charge in [-0.3, -0.25) is 0 Å². The lowest BCUT2D eigenvalue weighted by atomic mass is 10.1. The van der Waals surface area contributed by atoms with E-state index in [2.05, 4.69) is 24.4 Å². The fourth-order valence-corrected chi connectivity index (χ4v) is 3.07. The zero-order valence-corrected chi connectivity index (χ0v) is 15.1. The Balaban J connectivity index is 1.78. The van der Waals surface area contributed by atoms with Crippen LogP contribution in [0.3, 0.4) is 0 Å². The number of benzene rings is 3. The van der Waals surface area contributed by atoms with Gasteiger partial charge in [0, 0.05) is 22.0 Å². The summed E-state index contributed by atoms with van der Waals surface area (Å²) >= 11 is 6.01. The summed E-state index contributed by atoms with van der Waals surface area (Å²) in [6.07, 6.45) is 0. The van der Waals surface area contributed by atoms with Gasteiger partial charge in [0.25, 0.3) is 0 Å². The zero-order valence-electron chi connectivity index (χ0n) is 14.4. The lowest BCUT2D eigenvalue weighted by Gasteiger charge is -2.17. The van der Waals surface area contributed by atoms with Gasteiger partial charge in [0.05, 0.1) is 5.52 Å². The Morgan fingerprint density at radius 1 is 0.808 bits per heavy atom. The van der Waals surface area contributed by atoms with E-state index in [1.165, 1.54) is 5.56 Å². The quantitative estimate of drug-likeness (QED) is 0.476. The summed E-state index contributed by atoms with van der Waals surface area (Å²) in [5.74, 6) is 1.51. The third-order valence-electron chi connectivity index (χ3n) is 4.36. The summed E-state index contributed by atoms with van der Waals surface area (Å²) < 4.78 is 0. The maximum Gasteiger partial charge on any atom is 0.162 e. The molecule has 0 saturated carbocycles. The summed E-state index contributed by atoms with van der Waals surface area (Å²) in [5.41, 5.74) is 3.06. The molecule has 0 aliphatic heterocycles. The van der Waals surface area contributed by atoms with Crippen molar-refractivity contribution >= 4 is 28.3 Å². The van der Waals surface area contributed by atoms with Gasteiger partial charge < -0.3 is 5.32 Å². The fourth-order valence-electron chi connectivity index (χ4n) is 2.94. The molecule has 1 heterocycles. The van der Waals surface area contributed by atoms with Crippen LogP contribution in [0.15, 0.2) is 78.9 Å². The van der Waals surface area contributed by atoms with E-state index >= 15 is 0 Å². The van der Waals surface area contributed by atoms with E-state index < -0.39 is 0 Å². The van der Waals surface area contributed by atoms with Gasteiger partial charge in [-0.1, -0.05) is 54.1 Å². The smallest absolute Gasteiger partial charge is 0.162 e. The minimum Gasteiger partial charge on any atom is -0.363 e. The number of para-hydroxylation sites is 1. The molecule has 0 aliphatic carbocycles. The number of nitrogens with zero attached hydrogens (tertiary/aromatic N) is 2. The molecule has 128 valence electrons. The van der Waals surface area contributed by atoms with Crippen LogP contribution in [0.4, 0.5) is 5.82 Å². The van der Waals surface area contributed by atoms with Crippen LogP contribution in [0.5, 0.6) is 0 Å². The molecule has 0 bridgehead atoms. The van der Waals surface area contributed by atoms with Crippen molar-refractivity contribution in [2.24, 2.45) is 0 Å². The molecule has 3 nitrogen and oxygen atoms in total. The molecule has 0 aliphatic rings. The minimum absolute atomic E-state index is 0.132. The number of rotatable bonds is 4. The first-order valence-electron chi connectivity index (χ1n) is 8.55. The van der Waals surface area contributed by atoms with Gasteiger partial charge in [-0.25, -0.2) is 9.97 Å². The van der Waals surface area contributed by atoms with E-state index in [0.29, 0.717) is 10.8 Å². The molecule has 4 heteroatoms. The number of hydrogen-bond acceptors (Lipinski definition) is 3. The molecular weight excluding hydrogens is 342 g/mol. The highest BCUT2D eigenvalue weighted by Crippen LogP contribution is 2.28. The molecule has 3 aromatic carbocycles. The normalized spacial score (nSPS) is 12.1. The summed E-state index contributed by atoms with van der Waals surface area (Å²) in [7, 11) is 0. The van der Waals surface area contributed by atoms with E-state index in [1.807, 2.05) is 66.7 Å². The molecular formula is C22H18ClN3. The number of halogens is 1. The van der Waals surface area contributed by atoms with Gasteiger partial charge in [-0.15, -0.1) is 0 Å². The first-order chi connectivity index (χ1) is 12.7. The van der Waals surface area contributed by atoms with Crippen molar-refractivity contribution in [3.05, 3.63) is 89.4 Å². The maximum atomic E-state index is 6.01. The van der Waals surface area contributed by atoms with Crippen LogP contribution in [0, 0.1) is 0 Å². The maximum absolute atomic E-state index is 6.01. The molecule has 1 atom stereocenters. The summed E-state index contributed by atoms with van der Waals surface area (Å²) in [6.45, 7) is 2.13. The Bertz CT molecular complexity index is 1030. The highest BCUT2D eigenvalue weighted by molar-refractivity contribution is 6.30. The van der Waals surface area contributed by atoms with Crippen molar-refractivity contribution in [3.63, 3.8) is 0 Å². The highest BCUT2D eigenvalue weighted by Gasteiger charge is 2.12. The van der Waals surface area contributed by atoms with Gasteiger partial charge in [0.2, 0.25) is 0 Å². The molecule has 0 unspecified atom stereocenters. The lowest BCUT2D eigenvalue weighted by molar-refractivity contribution is 0.876.